The van der Waals surface area contributed by atoms with Crippen LogP contribution in [0.5, 0.6) is 0 Å². The predicted octanol–water partition coefficient (Wildman–Crippen LogP) is 3.69. The number of rotatable bonds is 8. The van der Waals surface area contributed by atoms with Crippen molar-refractivity contribution in [3.8, 4) is 0 Å². The fourth-order valence-electron chi connectivity index (χ4n) is 4.76. The Labute approximate surface area is 194 Å². The van der Waals surface area contributed by atoms with Crippen molar-refractivity contribution in [3.63, 3.8) is 0 Å². The van der Waals surface area contributed by atoms with Gasteiger partial charge in [0.15, 0.2) is 5.96 Å². The van der Waals surface area contributed by atoms with Crippen molar-refractivity contribution in [2.75, 3.05) is 32.8 Å². The summed E-state index contributed by atoms with van der Waals surface area (Å²) in [6, 6.07) is 0.307. The van der Waals surface area contributed by atoms with Crippen LogP contribution in [0.1, 0.15) is 77.6 Å². The molecule has 2 saturated carbocycles. The molecule has 2 N–H and O–H groups in total. The van der Waals surface area contributed by atoms with E-state index in [9.17, 15) is 4.79 Å². The molecule has 3 rings (SSSR count). The summed E-state index contributed by atoms with van der Waals surface area (Å²) in [4.78, 5) is 19.4. The average Bonchev–Trinajstić information content (AvgIpc) is 3.40. The Morgan fingerprint density at radius 3 is 2.52 bits per heavy atom. The first-order valence-corrected chi connectivity index (χ1v) is 11.7. The first kappa shape index (κ1) is 24.7. The molecule has 1 amide bonds. The van der Waals surface area contributed by atoms with E-state index in [-0.39, 0.29) is 29.9 Å². The van der Waals surface area contributed by atoms with E-state index < -0.39 is 0 Å². The molecule has 1 heterocycles. The maximum Gasteiger partial charge on any atom is 0.225 e. The Morgan fingerprint density at radius 2 is 1.79 bits per heavy atom. The summed E-state index contributed by atoms with van der Waals surface area (Å²) < 4.78 is 5.99. The number of ether oxygens (including phenoxy) is 1. The summed E-state index contributed by atoms with van der Waals surface area (Å²) in [7, 11) is 0. The third-order valence-corrected chi connectivity index (χ3v) is 6.37. The highest BCUT2D eigenvalue weighted by Crippen LogP contribution is 2.27. The first-order valence-electron chi connectivity index (χ1n) is 11.7. The molecule has 7 heteroatoms. The molecule has 3 fully saturated rings. The molecule has 2 aliphatic carbocycles. The second kappa shape index (κ2) is 13.7. The molecule has 0 aromatic rings. The number of aliphatic imine (C=N–C) groups is 1. The van der Waals surface area contributed by atoms with Gasteiger partial charge in [-0.05, 0) is 45.4 Å². The Kier molecular flexibility index (Phi) is 11.6. The second-order valence-electron chi connectivity index (χ2n) is 8.64. The molecule has 0 radical (unpaired) electrons. The average molecular weight is 521 g/mol. The fraction of sp³-hybridized carbons (Fsp3) is 0.909. The monoisotopic (exact) mass is 520 g/mol. The van der Waals surface area contributed by atoms with E-state index in [0.717, 1.165) is 64.4 Å². The maximum absolute atomic E-state index is 12.6. The molecule has 168 valence electrons. The number of guanidine groups is 1. The minimum Gasteiger partial charge on any atom is -0.378 e. The molecule has 1 saturated heterocycles. The lowest BCUT2D eigenvalue weighted by Gasteiger charge is -2.22. The van der Waals surface area contributed by atoms with E-state index in [0.29, 0.717) is 18.1 Å². The lowest BCUT2D eigenvalue weighted by atomic mass is 9.98. The van der Waals surface area contributed by atoms with E-state index >= 15 is 0 Å². The van der Waals surface area contributed by atoms with Crippen LogP contribution >= 0.6 is 24.0 Å². The number of nitrogens with zero attached hydrogens (tertiary/aromatic N) is 2. The number of carbonyl (C=O) groups excluding carboxylic acids is 1. The topological polar surface area (TPSA) is 66.0 Å². The molecule has 0 aromatic heterocycles. The van der Waals surface area contributed by atoms with Crippen molar-refractivity contribution < 1.29 is 9.53 Å². The van der Waals surface area contributed by atoms with Crippen molar-refractivity contribution in [2.24, 2.45) is 10.9 Å². The first-order chi connectivity index (χ1) is 13.8. The normalized spacial score (nSPS) is 23.8. The fourth-order valence-corrected chi connectivity index (χ4v) is 4.76. The van der Waals surface area contributed by atoms with Gasteiger partial charge in [0.2, 0.25) is 5.91 Å². The van der Waals surface area contributed by atoms with Gasteiger partial charge in [-0.2, -0.15) is 0 Å². The van der Waals surface area contributed by atoms with Crippen molar-refractivity contribution >= 4 is 35.8 Å². The zero-order valence-corrected chi connectivity index (χ0v) is 20.5. The zero-order valence-electron chi connectivity index (χ0n) is 18.2. The van der Waals surface area contributed by atoms with Gasteiger partial charge in [-0.1, -0.05) is 32.1 Å². The minimum absolute atomic E-state index is 0. The predicted molar refractivity (Wildman–Crippen MR) is 129 cm³/mol. The third kappa shape index (κ3) is 8.23. The smallest absolute Gasteiger partial charge is 0.225 e. The standard InChI is InChI=1S/C22H40N4O2.HI/c1-2-23-22(24-14-8-16-28-20-11-4-3-5-12-20)25-19-13-15-26(17-19)21(27)18-9-6-7-10-18;/h18-20H,2-17H2,1H3,(H2,23,24,25);1H. The summed E-state index contributed by atoms with van der Waals surface area (Å²) >= 11 is 0. The highest BCUT2D eigenvalue weighted by atomic mass is 127. The van der Waals surface area contributed by atoms with Gasteiger partial charge in [-0.25, -0.2) is 0 Å². The molecular formula is C22H41IN4O2. The number of amides is 1. The van der Waals surface area contributed by atoms with Crippen LogP contribution in [0.15, 0.2) is 4.99 Å². The molecule has 1 aliphatic heterocycles. The second-order valence-corrected chi connectivity index (χ2v) is 8.64. The van der Waals surface area contributed by atoms with E-state index in [2.05, 4.69) is 22.5 Å². The number of nitrogens with one attached hydrogen (secondary N) is 2. The van der Waals surface area contributed by atoms with Gasteiger partial charge in [-0.15, -0.1) is 24.0 Å². The maximum atomic E-state index is 12.6. The van der Waals surface area contributed by atoms with Crippen LogP contribution in [0.4, 0.5) is 0 Å². The summed E-state index contributed by atoms with van der Waals surface area (Å²) in [5, 5.41) is 6.88. The number of hydrogen-bond donors (Lipinski definition) is 2. The number of carbonyl (C=O) groups is 1. The van der Waals surface area contributed by atoms with Crippen LogP contribution in [-0.4, -0.2) is 61.7 Å². The van der Waals surface area contributed by atoms with Crippen molar-refractivity contribution in [3.05, 3.63) is 0 Å². The molecule has 6 nitrogen and oxygen atoms in total. The third-order valence-electron chi connectivity index (χ3n) is 6.37. The van der Waals surface area contributed by atoms with Gasteiger partial charge in [0, 0.05) is 44.7 Å². The van der Waals surface area contributed by atoms with E-state index in [4.69, 9.17) is 9.73 Å². The van der Waals surface area contributed by atoms with Gasteiger partial charge >= 0.3 is 0 Å². The summed E-state index contributed by atoms with van der Waals surface area (Å²) in [6.07, 6.45) is 13.5. The molecule has 29 heavy (non-hydrogen) atoms. The highest BCUT2D eigenvalue weighted by Gasteiger charge is 2.32. The van der Waals surface area contributed by atoms with Crippen LogP contribution in [0, 0.1) is 5.92 Å². The zero-order chi connectivity index (χ0) is 19.6. The molecule has 3 aliphatic rings. The number of halogens is 1. The largest absolute Gasteiger partial charge is 0.378 e. The van der Waals surface area contributed by atoms with Crippen molar-refractivity contribution in [1.29, 1.82) is 0 Å². The van der Waals surface area contributed by atoms with Crippen molar-refractivity contribution in [2.45, 2.75) is 89.7 Å². The Hall–Kier alpha value is -0.570. The molecule has 1 unspecified atom stereocenters. The SMILES string of the molecule is CCNC(=NCCCOC1CCCCC1)NC1CCN(C(=O)C2CCCC2)C1.I. The molecule has 1 atom stereocenters. The van der Waals surface area contributed by atoms with Gasteiger partial charge in [-0.3, -0.25) is 9.79 Å². The summed E-state index contributed by atoms with van der Waals surface area (Å²) in [5.74, 6) is 1.54. The van der Waals surface area contributed by atoms with Crippen molar-refractivity contribution in [1.82, 2.24) is 15.5 Å². The van der Waals surface area contributed by atoms with Crippen LogP contribution in [0.25, 0.3) is 0 Å². The molecule has 0 spiro atoms. The van der Waals surface area contributed by atoms with E-state index in [1.807, 2.05) is 0 Å². The van der Waals surface area contributed by atoms with Crippen LogP contribution in [-0.2, 0) is 9.53 Å². The van der Waals surface area contributed by atoms with Gasteiger partial charge in [0.25, 0.3) is 0 Å². The lowest BCUT2D eigenvalue weighted by Crippen LogP contribution is -2.45. The van der Waals surface area contributed by atoms with Crippen LogP contribution in [0.3, 0.4) is 0 Å². The Morgan fingerprint density at radius 1 is 1.07 bits per heavy atom. The lowest BCUT2D eigenvalue weighted by molar-refractivity contribution is -0.134. The van der Waals surface area contributed by atoms with E-state index in [1.54, 1.807) is 0 Å². The Balaban J connectivity index is 0.00000300. The van der Waals surface area contributed by atoms with Crippen LogP contribution < -0.4 is 10.6 Å². The quantitative estimate of drug-likeness (QED) is 0.222. The number of hydrogen-bond acceptors (Lipinski definition) is 3. The van der Waals surface area contributed by atoms with Crippen LogP contribution in [0.2, 0.25) is 0 Å². The summed E-state index contributed by atoms with van der Waals surface area (Å²) in [6.45, 7) is 6.21. The van der Waals surface area contributed by atoms with Gasteiger partial charge < -0.3 is 20.3 Å². The summed E-state index contributed by atoms with van der Waals surface area (Å²) in [5.41, 5.74) is 0. The molecule has 0 bridgehead atoms. The highest BCUT2D eigenvalue weighted by molar-refractivity contribution is 14.0. The minimum atomic E-state index is 0. The molecule has 0 aromatic carbocycles. The van der Waals surface area contributed by atoms with Gasteiger partial charge in [0.1, 0.15) is 0 Å². The van der Waals surface area contributed by atoms with Gasteiger partial charge in [0.05, 0.1) is 6.10 Å². The molecular weight excluding hydrogens is 479 g/mol. The number of likely N-dealkylation sites (tertiary alicyclic amines) is 1. The Bertz CT molecular complexity index is 505. The van der Waals surface area contributed by atoms with E-state index in [1.165, 1.54) is 44.9 Å².